The zero-order valence-corrected chi connectivity index (χ0v) is 31.3. The summed E-state index contributed by atoms with van der Waals surface area (Å²) in [6.07, 6.45) is 14.0. The van der Waals surface area contributed by atoms with Gasteiger partial charge in [-0.15, -0.1) is 0 Å². The molecular weight excluding hydrogens is 632 g/mol. The van der Waals surface area contributed by atoms with Gasteiger partial charge in [-0.2, -0.15) is 29.9 Å². The summed E-state index contributed by atoms with van der Waals surface area (Å²) in [5.74, 6) is 1.53. The van der Waals surface area contributed by atoms with E-state index in [4.69, 9.17) is 9.47 Å². The monoisotopic (exact) mass is 690 g/mol. The molecule has 0 amide bonds. The highest BCUT2D eigenvalue weighted by Crippen LogP contribution is 2.32. The van der Waals surface area contributed by atoms with Crippen LogP contribution in [-0.4, -0.2) is 89.8 Å². The van der Waals surface area contributed by atoms with Crippen molar-refractivity contribution in [3.05, 3.63) is 25.3 Å². The van der Waals surface area contributed by atoms with Gasteiger partial charge in [0.05, 0.1) is 0 Å². The van der Waals surface area contributed by atoms with Gasteiger partial charge in [-0.05, 0) is 107 Å². The van der Waals surface area contributed by atoms with Crippen LogP contribution in [0.3, 0.4) is 0 Å². The van der Waals surface area contributed by atoms with Crippen LogP contribution in [0.2, 0.25) is 0 Å². The van der Waals surface area contributed by atoms with Crippen LogP contribution in [0.15, 0.2) is 35.3 Å². The third-order valence-corrected chi connectivity index (χ3v) is 8.24. The molecule has 2 fully saturated rings. The molecule has 2 aliphatic heterocycles. The lowest BCUT2D eigenvalue weighted by Crippen LogP contribution is -2.60. The molecule has 4 rings (SSSR count). The van der Waals surface area contributed by atoms with E-state index in [9.17, 15) is 0 Å². The van der Waals surface area contributed by atoms with Gasteiger partial charge < -0.3 is 30.7 Å². The lowest BCUT2D eigenvalue weighted by Gasteiger charge is -2.46. The summed E-state index contributed by atoms with van der Waals surface area (Å²) in [7, 11) is 0. The van der Waals surface area contributed by atoms with Gasteiger partial charge in [0.1, 0.15) is 13.2 Å². The summed E-state index contributed by atoms with van der Waals surface area (Å²) in [6, 6.07) is 0.818. The van der Waals surface area contributed by atoms with E-state index in [1.807, 2.05) is 12.4 Å². The fourth-order valence-electron chi connectivity index (χ4n) is 7.31. The van der Waals surface area contributed by atoms with Crippen molar-refractivity contribution in [3.8, 4) is 12.0 Å². The summed E-state index contributed by atoms with van der Waals surface area (Å²) in [5, 5.41) is 14.4. The first kappa shape index (κ1) is 38.8. The molecule has 4 N–H and O–H groups in total. The number of aliphatic imine (C=N–C) groups is 2. The van der Waals surface area contributed by atoms with Crippen LogP contribution in [0, 0.1) is 0 Å². The average Bonchev–Trinajstić information content (AvgIpc) is 2.97. The van der Waals surface area contributed by atoms with Gasteiger partial charge in [0.15, 0.2) is 0 Å². The summed E-state index contributed by atoms with van der Waals surface area (Å²) in [4.78, 5) is 35.9. The Morgan fingerprint density at radius 3 is 1.32 bits per heavy atom. The number of ether oxygens (including phenoxy) is 2. The first-order valence-electron chi connectivity index (χ1n) is 17.7. The number of hydrogen-bond donors (Lipinski definition) is 4. The number of nitrogens with one attached hydrogen (secondary N) is 4. The number of unbranched alkanes of at least 4 members (excludes halogenated alkanes) is 3. The highest BCUT2D eigenvalue weighted by molar-refractivity contribution is 5.62. The predicted octanol–water partition coefficient (Wildman–Crippen LogP) is 6.29. The fourth-order valence-corrected chi connectivity index (χ4v) is 7.31. The quantitative estimate of drug-likeness (QED) is 0.0833. The minimum Gasteiger partial charge on any atom is -0.459 e. The zero-order chi connectivity index (χ0) is 36.4. The lowest BCUT2D eigenvalue weighted by atomic mass is 9.79. The van der Waals surface area contributed by atoms with Crippen molar-refractivity contribution in [2.75, 3.05) is 23.8 Å². The Balaban J connectivity index is 1.32. The standard InChI is InChI=1S/C36H58N12O2/c1-11-19-49-31-43-27(41-29(45-31)39-25-21-33(3,4)47-34(5,6)22-25)37-17-15-13-14-16-18-38-28-42-30(46-32(44-28)50-20-12-2)40-26-23-35(7,8)48-36(9,10)24-26/h11-12,17-18,25-26,47-48H,1-2,13-16,19-24H2,3-10H3,(H,39,41,43,45)(H,40,42,44,46). The summed E-state index contributed by atoms with van der Waals surface area (Å²) in [5.41, 5.74) is -0.0695. The van der Waals surface area contributed by atoms with E-state index in [2.05, 4.69) is 130 Å². The van der Waals surface area contributed by atoms with Gasteiger partial charge in [0.25, 0.3) is 11.9 Å². The van der Waals surface area contributed by atoms with E-state index >= 15 is 0 Å². The zero-order valence-electron chi connectivity index (χ0n) is 31.3. The molecular formula is C36H58N12O2. The Morgan fingerprint density at radius 1 is 0.620 bits per heavy atom. The van der Waals surface area contributed by atoms with Crippen LogP contribution in [0.5, 0.6) is 12.0 Å². The fraction of sp³-hybridized carbons (Fsp3) is 0.667. The van der Waals surface area contributed by atoms with Crippen LogP contribution in [0.1, 0.15) is 107 Å². The second-order valence-electron chi connectivity index (χ2n) is 15.9. The second-order valence-corrected chi connectivity index (χ2v) is 15.9. The van der Waals surface area contributed by atoms with Crippen molar-refractivity contribution in [1.82, 2.24) is 40.5 Å². The van der Waals surface area contributed by atoms with Gasteiger partial charge in [-0.3, -0.25) is 0 Å². The first-order chi connectivity index (χ1) is 23.5. The molecule has 0 aromatic carbocycles. The molecule has 14 heteroatoms. The highest BCUT2D eigenvalue weighted by Gasteiger charge is 2.39. The smallest absolute Gasteiger partial charge is 0.323 e. The molecule has 2 aromatic rings. The molecule has 274 valence electrons. The normalized spacial score (nSPS) is 20.1. The van der Waals surface area contributed by atoms with Crippen molar-refractivity contribution < 1.29 is 9.47 Å². The van der Waals surface area contributed by atoms with Crippen LogP contribution in [0.25, 0.3) is 0 Å². The first-order valence-corrected chi connectivity index (χ1v) is 17.7. The van der Waals surface area contributed by atoms with E-state index in [0.717, 1.165) is 51.4 Å². The van der Waals surface area contributed by atoms with Crippen molar-refractivity contribution in [1.29, 1.82) is 0 Å². The van der Waals surface area contributed by atoms with E-state index in [-0.39, 0.29) is 46.3 Å². The molecule has 0 saturated carbocycles. The molecule has 0 aliphatic carbocycles. The molecule has 4 heterocycles. The van der Waals surface area contributed by atoms with Crippen LogP contribution in [-0.2, 0) is 0 Å². The molecule has 14 nitrogen and oxygen atoms in total. The maximum absolute atomic E-state index is 5.65. The Bertz CT molecular complexity index is 1360. The third kappa shape index (κ3) is 13.0. The van der Waals surface area contributed by atoms with E-state index in [1.165, 1.54) is 0 Å². The van der Waals surface area contributed by atoms with Gasteiger partial charge >= 0.3 is 12.0 Å². The number of piperidine rings is 2. The number of anilines is 2. The number of aromatic nitrogens is 6. The Labute approximate surface area is 298 Å². The number of nitrogens with zero attached hydrogens (tertiary/aromatic N) is 8. The Hall–Kier alpha value is -4.04. The molecule has 2 aliphatic rings. The second kappa shape index (κ2) is 16.8. The largest absolute Gasteiger partial charge is 0.459 e. The van der Waals surface area contributed by atoms with E-state index < -0.39 is 0 Å². The summed E-state index contributed by atoms with van der Waals surface area (Å²) >= 11 is 0. The van der Waals surface area contributed by atoms with Crippen molar-refractivity contribution in [3.63, 3.8) is 0 Å². The SMILES string of the molecule is C=CCOc1nc(N=CCCCCC=Nc2nc(NC3CC(C)(C)NC(C)(C)C3)nc(OCC=C)n2)nc(NC2CC(C)(C)NC(C)(C)C2)n1. The van der Waals surface area contributed by atoms with Gasteiger partial charge in [0.2, 0.25) is 11.9 Å². The van der Waals surface area contributed by atoms with Crippen molar-refractivity contribution >= 4 is 36.2 Å². The minimum absolute atomic E-state index is 0.0174. The van der Waals surface area contributed by atoms with Crippen molar-refractivity contribution in [2.45, 2.75) is 141 Å². The van der Waals surface area contributed by atoms with Crippen LogP contribution >= 0.6 is 0 Å². The molecule has 0 bridgehead atoms. The molecule has 2 aromatic heterocycles. The van der Waals surface area contributed by atoms with Gasteiger partial charge in [-0.25, -0.2) is 9.98 Å². The Kier molecular flexibility index (Phi) is 13.0. The molecule has 0 unspecified atom stereocenters. The average molecular weight is 691 g/mol. The molecule has 0 spiro atoms. The van der Waals surface area contributed by atoms with Crippen molar-refractivity contribution in [2.24, 2.45) is 9.98 Å². The maximum atomic E-state index is 5.65. The Morgan fingerprint density at radius 2 is 0.980 bits per heavy atom. The van der Waals surface area contributed by atoms with E-state index in [1.54, 1.807) is 12.2 Å². The topological polar surface area (TPSA) is 169 Å². The van der Waals surface area contributed by atoms with Gasteiger partial charge in [-0.1, -0.05) is 25.3 Å². The molecule has 2 saturated heterocycles. The summed E-state index contributed by atoms with van der Waals surface area (Å²) in [6.45, 7) is 25.7. The third-order valence-electron chi connectivity index (χ3n) is 8.24. The number of hydrogen-bond acceptors (Lipinski definition) is 14. The molecule has 0 atom stereocenters. The molecule has 0 radical (unpaired) electrons. The predicted molar refractivity (Wildman–Crippen MR) is 202 cm³/mol. The highest BCUT2D eigenvalue weighted by atomic mass is 16.5. The van der Waals surface area contributed by atoms with E-state index in [0.29, 0.717) is 37.0 Å². The van der Waals surface area contributed by atoms with Crippen LogP contribution in [0.4, 0.5) is 23.8 Å². The van der Waals surface area contributed by atoms with Crippen LogP contribution < -0.4 is 30.7 Å². The lowest BCUT2D eigenvalue weighted by molar-refractivity contribution is 0.169. The molecule has 50 heavy (non-hydrogen) atoms. The van der Waals surface area contributed by atoms with Gasteiger partial charge in [0, 0.05) is 46.7 Å². The summed E-state index contributed by atoms with van der Waals surface area (Å²) < 4.78 is 11.3. The minimum atomic E-state index is -0.0174. The maximum Gasteiger partial charge on any atom is 0.323 e. The number of rotatable bonds is 17.